The molecule has 0 aliphatic carbocycles. The normalized spacial score (nSPS) is 10.5. The highest BCUT2D eigenvalue weighted by Crippen LogP contribution is 2.32. The van der Waals surface area contributed by atoms with E-state index in [0.717, 1.165) is 17.0 Å². The fourth-order valence-corrected chi connectivity index (χ4v) is 2.34. The minimum absolute atomic E-state index is 0.649. The van der Waals surface area contributed by atoms with Gasteiger partial charge in [-0.3, -0.25) is 4.68 Å². The molecule has 0 bridgehead atoms. The van der Waals surface area contributed by atoms with Crippen LogP contribution in [0, 0.1) is 0 Å². The lowest BCUT2D eigenvalue weighted by molar-refractivity contribution is 0.416. The smallest absolute Gasteiger partial charge is 0.128 e. The molecule has 0 spiro atoms. The molecule has 0 aliphatic heterocycles. The van der Waals surface area contributed by atoms with Gasteiger partial charge >= 0.3 is 0 Å². The molecule has 1 heterocycles. The van der Waals surface area contributed by atoms with Gasteiger partial charge in [0.2, 0.25) is 0 Å². The fourth-order valence-electron chi connectivity index (χ4n) is 2.34. The number of rotatable bonds is 4. The third-order valence-electron chi connectivity index (χ3n) is 3.34. The molecule has 0 aliphatic rings. The largest absolute Gasteiger partial charge is 0.496 e. The summed E-state index contributed by atoms with van der Waals surface area (Å²) < 4.78 is 7.23. The summed E-state index contributed by atoms with van der Waals surface area (Å²) in [7, 11) is 1.65. The summed E-state index contributed by atoms with van der Waals surface area (Å²) in [5, 5.41) is 4.60. The van der Waals surface area contributed by atoms with Gasteiger partial charge in [-0.25, -0.2) is 0 Å². The number of para-hydroxylation sites is 1. The Morgan fingerprint density at radius 3 is 2.52 bits per heavy atom. The summed E-state index contributed by atoms with van der Waals surface area (Å²) in [5.74, 6) is 0.772. The molecule has 1 aromatic heterocycles. The van der Waals surface area contributed by atoms with Crippen LogP contribution in [0.15, 0.2) is 60.8 Å². The van der Waals surface area contributed by atoms with Crippen LogP contribution < -0.4 is 10.5 Å². The van der Waals surface area contributed by atoms with Crippen molar-refractivity contribution in [1.29, 1.82) is 0 Å². The molecule has 0 fully saturated rings. The molecule has 3 aromatic rings. The third-order valence-corrected chi connectivity index (χ3v) is 3.34. The van der Waals surface area contributed by atoms with Crippen molar-refractivity contribution in [1.82, 2.24) is 9.78 Å². The van der Waals surface area contributed by atoms with Gasteiger partial charge in [0.25, 0.3) is 0 Å². The Labute approximate surface area is 123 Å². The Balaban J connectivity index is 1.95. The summed E-state index contributed by atoms with van der Waals surface area (Å²) >= 11 is 0. The average molecular weight is 279 g/mol. The van der Waals surface area contributed by atoms with Crippen LogP contribution in [-0.4, -0.2) is 16.9 Å². The van der Waals surface area contributed by atoms with E-state index in [4.69, 9.17) is 10.5 Å². The maximum absolute atomic E-state index is 6.11. The lowest BCUT2D eigenvalue weighted by Crippen LogP contribution is -2.00. The number of nitrogens with two attached hydrogens (primary N) is 1. The molecular weight excluding hydrogens is 262 g/mol. The highest BCUT2D eigenvalue weighted by atomic mass is 16.5. The molecule has 0 atom stereocenters. The van der Waals surface area contributed by atoms with Crippen LogP contribution in [0.4, 0.5) is 5.69 Å². The predicted octanol–water partition coefficient (Wildman–Crippen LogP) is 3.19. The molecule has 2 N–H and O–H groups in total. The lowest BCUT2D eigenvalue weighted by Gasteiger charge is -2.06. The molecule has 0 amide bonds. The average Bonchev–Trinajstić information content (AvgIpc) is 2.88. The van der Waals surface area contributed by atoms with Crippen molar-refractivity contribution in [2.24, 2.45) is 0 Å². The van der Waals surface area contributed by atoms with Gasteiger partial charge < -0.3 is 10.5 Å². The zero-order chi connectivity index (χ0) is 14.7. The Hall–Kier alpha value is -2.75. The predicted molar refractivity (Wildman–Crippen MR) is 84.2 cm³/mol. The highest BCUT2D eigenvalue weighted by molar-refractivity contribution is 5.76. The van der Waals surface area contributed by atoms with Crippen LogP contribution in [0.2, 0.25) is 0 Å². The quantitative estimate of drug-likeness (QED) is 0.798. The summed E-state index contributed by atoms with van der Waals surface area (Å²) in [4.78, 5) is 0. The first-order valence-electron chi connectivity index (χ1n) is 6.78. The van der Waals surface area contributed by atoms with Crippen molar-refractivity contribution < 1.29 is 4.74 Å². The summed E-state index contributed by atoms with van der Waals surface area (Å²) in [6, 6.07) is 17.9. The first-order chi connectivity index (χ1) is 10.3. The molecule has 0 radical (unpaired) electrons. The Kier molecular flexibility index (Phi) is 3.60. The summed E-state index contributed by atoms with van der Waals surface area (Å²) in [6.07, 6.45) is 1.86. The van der Waals surface area contributed by atoms with Gasteiger partial charge in [-0.2, -0.15) is 5.10 Å². The van der Waals surface area contributed by atoms with E-state index in [1.165, 1.54) is 5.56 Å². The van der Waals surface area contributed by atoms with Crippen LogP contribution in [0.25, 0.3) is 11.3 Å². The van der Waals surface area contributed by atoms with Crippen molar-refractivity contribution >= 4 is 5.69 Å². The number of hydrogen-bond acceptors (Lipinski definition) is 3. The Morgan fingerprint density at radius 2 is 1.76 bits per heavy atom. The van der Waals surface area contributed by atoms with Gasteiger partial charge in [-0.15, -0.1) is 0 Å². The highest BCUT2D eigenvalue weighted by Gasteiger charge is 2.13. The van der Waals surface area contributed by atoms with Crippen molar-refractivity contribution in [3.05, 3.63) is 66.4 Å². The first-order valence-corrected chi connectivity index (χ1v) is 6.78. The number of hydrogen-bond donors (Lipinski definition) is 1. The van der Waals surface area contributed by atoms with Crippen molar-refractivity contribution in [2.75, 3.05) is 12.8 Å². The van der Waals surface area contributed by atoms with Crippen LogP contribution >= 0.6 is 0 Å². The molecule has 2 aromatic carbocycles. The van der Waals surface area contributed by atoms with E-state index in [1.54, 1.807) is 7.11 Å². The topological polar surface area (TPSA) is 53.1 Å². The molecular formula is C17H17N3O. The number of ether oxygens (including phenoxy) is 1. The maximum atomic E-state index is 6.11. The molecule has 3 rings (SSSR count). The van der Waals surface area contributed by atoms with Gasteiger partial charge in [0.05, 0.1) is 19.3 Å². The lowest BCUT2D eigenvalue weighted by atomic mass is 10.1. The van der Waals surface area contributed by atoms with E-state index < -0.39 is 0 Å². The maximum Gasteiger partial charge on any atom is 0.128 e. The second kappa shape index (κ2) is 5.71. The minimum atomic E-state index is 0.649. The van der Waals surface area contributed by atoms with E-state index >= 15 is 0 Å². The van der Waals surface area contributed by atoms with Gasteiger partial charge in [0.15, 0.2) is 0 Å². The van der Waals surface area contributed by atoms with Crippen molar-refractivity contribution in [2.45, 2.75) is 6.54 Å². The number of nitrogen functional groups attached to an aromatic ring is 1. The molecule has 106 valence electrons. The third kappa shape index (κ3) is 2.74. The monoisotopic (exact) mass is 279 g/mol. The molecule has 4 heteroatoms. The molecule has 4 nitrogen and oxygen atoms in total. The molecule has 21 heavy (non-hydrogen) atoms. The van der Waals surface area contributed by atoms with E-state index in [2.05, 4.69) is 17.2 Å². The summed E-state index contributed by atoms with van der Waals surface area (Å²) in [5.41, 5.74) is 9.61. The van der Waals surface area contributed by atoms with Gasteiger partial charge in [0.1, 0.15) is 11.4 Å². The number of anilines is 1. The van der Waals surface area contributed by atoms with E-state index in [1.807, 2.05) is 53.3 Å². The molecule has 0 saturated heterocycles. The zero-order valence-electron chi connectivity index (χ0n) is 11.9. The van der Waals surface area contributed by atoms with Gasteiger partial charge in [-0.05, 0) is 17.7 Å². The fraction of sp³-hybridized carbons (Fsp3) is 0.118. The summed E-state index contributed by atoms with van der Waals surface area (Å²) in [6.45, 7) is 0.695. The van der Waals surface area contributed by atoms with E-state index in [0.29, 0.717) is 12.2 Å². The number of benzene rings is 2. The minimum Gasteiger partial charge on any atom is -0.496 e. The number of nitrogens with zero attached hydrogens (tertiary/aromatic N) is 2. The Morgan fingerprint density at radius 1 is 1.05 bits per heavy atom. The van der Waals surface area contributed by atoms with Gasteiger partial charge in [0, 0.05) is 11.8 Å². The van der Waals surface area contributed by atoms with Crippen molar-refractivity contribution in [3.8, 4) is 17.0 Å². The Bertz CT molecular complexity index is 735. The number of aromatic nitrogens is 2. The van der Waals surface area contributed by atoms with E-state index in [-0.39, 0.29) is 0 Å². The standard InChI is InChI=1S/C17H17N3O/c1-21-16-10-6-5-9-14(16)17-15(18)12-20(19-17)11-13-7-3-2-4-8-13/h2-10,12H,11,18H2,1H3. The second-order valence-electron chi connectivity index (χ2n) is 4.82. The zero-order valence-corrected chi connectivity index (χ0v) is 11.9. The second-order valence-corrected chi connectivity index (χ2v) is 4.82. The van der Waals surface area contributed by atoms with Crippen LogP contribution in [-0.2, 0) is 6.54 Å². The first kappa shape index (κ1) is 13.2. The SMILES string of the molecule is COc1ccccc1-c1nn(Cc2ccccc2)cc1N. The van der Waals surface area contributed by atoms with Crippen LogP contribution in [0.5, 0.6) is 5.75 Å². The van der Waals surface area contributed by atoms with Gasteiger partial charge in [-0.1, -0.05) is 42.5 Å². The van der Waals surface area contributed by atoms with Crippen LogP contribution in [0.1, 0.15) is 5.56 Å². The van der Waals surface area contributed by atoms with Crippen LogP contribution in [0.3, 0.4) is 0 Å². The molecule has 0 saturated carbocycles. The van der Waals surface area contributed by atoms with Crippen molar-refractivity contribution in [3.63, 3.8) is 0 Å². The molecule has 0 unspecified atom stereocenters. The number of methoxy groups -OCH3 is 1. The van der Waals surface area contributed by atoms with E-state index in [9.17, 15) is 0 Å².